The smallest absolute Gasteiger partial charge is 0.0541 e. The van der Waals surface area contributed by atoms with Gasteiger partial charge in [-0.1, -0.05) is 256 Å². The topological polar surface area (TPSA) is 8.17 Å². The Hall–Kier alpha value is -8.72. The molecular formula is C84H82N2. The molecule has 2 nitrogen and oxygen atoms in total. The maximum absolute atomic E-state index is 2.55. The van der Waals surface area contributed by atoms with Gasteiger partial charge in [0.15, 0.2) is 0 Å². The van der Waals surface area contributed by atoms with Gasteiger partial charge >= 0.3 is 0 Å². The zero-order valence-electron chi connectivity index (χ0n) is 53.3. The Balaban J connectivity index is 1.06. The molecular weight excluding hydrogens is 1040 g/mol. The molecule has 0 fully saturated rings. The average molecular weight is 1120 g/mol. The predicted octanol–water partition coefficient (Wildman–Crippen LogP) is 24.3. The van der Waals surface area contributed by atoms with Crippen LogP contribution < -0.4 is 4.90 Å². The Bertz CT molecular complexity index is 4660. The molecule has 0 atom stereocenters. The second-order valence-corrected chi connectivity index (χ2v) is 29.6. The van der Waals surface area contributed by atoms with E-state index in [-0.39, 0.29) is 27.1 Å². The van der Waals surface area contributed by atoms with E-state index >= 15 is 0 Å². The van der Waals surface area contributed by atoms with Crippen LogP contribution in [-0.2, 0) is 27.1 Å². The van der Waals surface area contributed by atoms with Crippen molar-refractivity contribution < 1.29 is 0 Å². The molecule has 13 aromatic rings. The number of aromatic nitrogens is 1. The summed E-state index contributed by atoms with van der Waals surface area (Å²) in [6.45, 7) is 34.9. The van der Waals surface area contributed by atoms with Gasteiger partial charge in [-0.05, 0) is 194 Å². The minimum atomic E-state index is -0.160. The molecule has 0 N–H and O–H groups in total. The molecule has 0 aliphatic carbocycles. The Morgan fingerprint density at radius 3 is 1.10 bits per heavy atom. The third-order valence-corrected chi connectivity index (χ3v) is 18.2. The van der Waals surface area contributed by atoms with Crippen LogP contribution in [-0.4, -0.2) is 4.57 Å². The van der Waals surface area contributed by atoms with E-state index in [0.717, 1.165) is 17.1 Å². The van der Waals surface area contributed by atoms with Gasteiger partial charge in [0.05, 0.1) is 22.4 Å². The average Bonchev–Trinajstić information content (AvgIpc) is 1.32. The normalized spacial score (nSPS) is 12.8. The van der Waals surface area contributed by atoms with Crippen molar-refractivity contribution in [3.63, 3.8) is 0 Å². The molecule has 0 radical (unpaired) electrons. The van der Waals surface area contributed by atoms with E-state index in [9.17, 15) is 0 Å². The van der Waals surface area contributed by atoms with Crippen molar-refractivity contribution in [1.82, 2.24) is 4.57 Å². The summed E-state index contributed by atoms with van der Waals surface area (Å²) in [5.41, 5.74) is 23.1. The van der Waals surface area contributed by atoms with Gasteiger partial charge in [0.2, 0.25) is 0 Å². The highest BCUT2D eigenvalue weighted by Crippen LogP contribution is 2.49. The Kier molecular flexibility index (Phi) is 13.4. The fraction of sp³-hybridized carbons (Fsp3) is 0.238. The summed E-state index contributed by atoms with van der Waals surface area (Å²) >= 11 is 0. The minimum Gasteiger partial charge on any atom is -0.310 e. The largest absolute Gasteiger partial charge is 0.310 e. The van der Waals surface area contributed by atoms with Gasteiger partial charge in [-0.25, -0.2) is 0 Å². The molecule has 0 aliphatic rings. The molecule has 0 bridgehead atoms. The fourth-order valence-electron chi connectivity index (χ4n) is 13.0. The van der Waals surface area contributed by atoms with Crippen LogP contribution in [0.1, 0.15) is 132 Å². The molecule has 0 saturated carbocycles. The van der Waals surface area contributed by atoms with Gasteiger partial charge in [-0.15, -0.1) is 0 Å². The molecule has 0 amide bonds. The lowest BCUT2D eigenvalue weighted by Crippen LogP contribution is -2.15. The van der Waals surface area contributed by atoms with Crippen LogP contribution in [0, 0.1) is 0 Å². The van der Waals surface area contributed by atoms with Crippen LogP contribution in [0.3, 0.4) is 0 Å². The maximum atomic E-state index is 2.55. The molecule has 1 aromatic heterocycles. The highest BCUT2D eigenvalue weighted by Gasteiger charge is 2.27. The summed E-state index contributed by atoms with van der Waals surface area (Å²) in [6.07, 6.45) is 0. The molecule has 0 unspecified atom stereocenters. The minimum absolute atomic E-state index is 0.00832. The monoisotopic (exact) mass is 1120 g/mol. The fourth-order valence-corrected chi connectivity index (χ4v) is 13.0. The second-order valence-electron chi connectivity index (χ2n) is 29.6. The molecule has 13 rings (SSSR count). The SMILES string of the molecule is CC(C)(C)c1cc(-c2ccccc2)cc(-c2ccc(N(c3cc(-c4cc(-c5ccccc5)cc(C(C)(C)C)c4)cc(C(C)(C)C)c3)c3ccc4ccc5c(-n6c7ccc(C(C)(C)C)cc7c7cc(C(C)(C)C)ccc76)ccc6ccc3c4c65)cc2)c1. The van der Waals surface area contributed by atoms with E-state index in [0.29, 0.717) is 0 Å². The number of rotatable bonds is 8. The Morgan fingerprint density at radius 2 is 0.640 bits per heavy atom. The zero-order chi connectivity index (χ0) is 60.4. The lowest BCUT2D eigenvalue weighted by atomic mass is 9.81. The molecule has 2 heteroatoms. The summed E-state index contributed by atoms with van der Waals surface area (Å²) in [5.74, 6) is 0. The summed E-state index contributed by atoms with van der Waals surface area (Å²) < 4.78 is 2.54. The van der Waals surface area contributed by atoms with Crippen molar-refractivity contribution in [3.05, 3.63) is 252 Å². The first-order chi connectivity index (χ1) is 40.8. The van der Waals surface area contributed by atoms with Crippen LogP contribution in [0.25, 0.3) is 104 Å². The third kappa shape index (κ3) is 10.3. The van der Waals surface area contributed by atoms with Crippen LogP contribution in [0.4, 0.5) is 17.1 Å². The highest BCUT2D eigenvalue weighted by molar-refractivity contribution is 6.27. The van der Waals surface area contributed by atoms with E-state index in [1.165, 1.54) is 132 Å². The summed E-state index contributed by atoms with van der Waals surface area (Å²) in [7, 11) is 0. The van der Waals surface area contributed by atoms with Crippen LogP contribution in [0.2, 0.25) is 0 Å². The number of anilines is 3. The zero-order valence-corrected chi connectivity index (χ0v) is 53.3. The highest BCUT2D eigenvalue weighted by atomic mass is 15.1. The molecule has 428 valence electrons. The predicted molar refractivity (Wildman–Crippen MR) is 374 cm³/mol. The van der Waals surface area contributed by atoms with E-state index in [2.05, 4.69) is 338 Å². The van der Waals surface area contributed by atoms with Crippen molar-refractivity contribution in [2.24, 2.45) is 0 Å². The Morgan fingerprint density at radius 1 is 0.256 bits per heavy atom. The standard InChI is InChI=1S/C84H82N2/c1-80(2,3)63-32-40-76-72(51-63)73-52-64(81(4,5)6)33-41-77(73)86(76)75-39-31-57-28-36-70-74(38-30-56-29-37-71(75)79(57)78(56)70)85(68-34-26-55(27-35-68)60-42-58(53-22-18-16-19-23-53)44-65(46-60)82(7,8)9)69-49-62(48-67(50-69)84(13,14)15)61-43-59(54-24-20-17-21-25-54)45-66(47-61)83(10,11)12/h16-52H,1-15H3. The van der Waals surface area contributed by atoms with Crippen molar-refractivity contribution in [2.45, 2.75) is 131 Å². The van der Waals surface area contributed by atoms with Crippen molar-refractivity contribution >= 4 is 71.2 Å². The Labute approximate surface area is 511 Å². The molecule has 86 heavy (non-hydrogen) atoms. The van der Waals surface area contributed by atoms with Crippen molar-refractivity contribution in [2.75, 3.05) is 4.90 Å². The number of hydrogen-bond acceptors (Lipinski definition) is 1. The van der Waals surface area contributed by atoms with Crippen LogP contribution >= 0.6 is 0 Å². The number of hydrogen-bond donors (Lipinski definition) is 0. The van der Waals surface area contributed by atoms with E-state index in [1.54, 1.807) is 0 Å². The summed E-state index contributed by atoms with van der Waals surface area (Å²) in [6, 6.07) is 86.1. The van der Waals surface area contributed by atoms with E-state index in [4.69, 9.17) is 0 Å². The van der Waals surface area contributed by atoms with Gasteiger partial charge in [-0.2, -0.15) is 0 Å². The molecule has 0 aliphatic heterocycles. The quantitative estimate of drug-likeness (QED) is 0.138. The first-order valence-electron chi connectivity index (χ1n) is 31.0. The summed E-state index contributed by atoms with van der Waals surface area (Å²) in [5, 5.41) is 10.1. The summed E-state index contributed by atoms with van der Waals surface area (Å²) in [4.78, 5) is 2.55. The second kappa shape index (κ2) is 20.5. The maximum Gasteiger partial charge on any atom is 0.0541 e. The molecule has 12 aromatic carbocycles. The number of nitrogens with zero attached hydrogens (tertiary/aromatic N) is 2. The molecule has 1 heterocycles. The van der Waals surface area contributed by atoms with E-state index < -0.39 is 0 Å². The molecule has 0 saturated heterocycles. The van der Waals surface area contributed by atoms with Crippen LogP contribution in [0.15, 0.2) is 224 Å². The van der Waals surface area contributed by atoms with Gasteiger partial charge < -0.3 is 9.47 Å². The molecule has 0 spiro atoms. The van der Waals surface area contributed by atoms with Crippen molar-refractivity contribution in [1.29, 1.82) is 0 Å². The van der Waals surface area contributed by atoms with Gasteiger partial charge in [0, 0.05) is 32.9 Å². The first-order valence-corrected chi connectivity index (χ1v) is 31.0. The first kappa shape index (κ1) is 56.4. The lowest BCUT2D eigenvalue weighted by molar-refractivity contribution is 0.589. The third-order valence-electron chi connectivity index (χ3n) is 18.2. The van der Waals surface area contributed by atoms with E-state index in [1.807, 2.05) is 0 Å². The van der Waals surface area contributed by atoms with Crippen LogP contribution in [0.5, 0.6) is 0 Å². The van der Waals surface area contributed by atoms with Crippen molar-refractivity contribution in [3.8, 4) is 50.2 Å². The van der Waals surface area contributed by atoms with Gasteiger partial charge in [-0.3, -0.25) is 0 Å². The van der Waals surface area contributed by atoms with Gasteiger partial charge in [0.25, 0.3) is 0 Å². The lowest BCUT2D eigenvalue weighted by Gasteiger charge is -2.31. The van der Waals surface area contributed by atoms with Gasteiger partial charge in [0.1, 0.15) is 0 Å². The number of fused-ring (bicyclic) bond motifs is 3. The number of benzene rings is 12.